The first kappa shape index (κ1) is 20.6. The minimum Gasteiger partial charge on any atom is -0.325 e. The Balaban J connectivity index is 1.51. The fourth-order valence-electron chi connectivity index (χ4n) is 3.02. The third-order valence-corrected chi connectivity index (χ3v) is 6.83. The molecule has 0 aliphatic carbocycles. The highest BCUT2D eigenvalue weighted by Gasteiger charge is 2.14. The zero-order valence-electron chi connectivity index (χ0n) is 15.5. The van der Waals surface area contributed by atoms with Gasteiger partial charge in [0, 0.05) is 47.6 Å². The summed E-state index contributed by atoms with van der Waals surface area (Å²) in [6, 6.07) is 14.0. The normalized spacial score (nSPS) is 14.9. The fraction of sp³-hybridized carbons (Fsp3) is 0.381. The van der Waals surface area contributed by atoms with E-state index in [1.165, 1.54) is 28.2 Å². The number of nitrogens with one attached hydrogen (secondary N) is 1. The Morgan fingerprint density at radius 2 is 1.93 bits per heavy atom. The molecule has 2 aromatic carbocycles. The molecule has 1 amide bonds. The van der Waals surface area contributed by atoms with Crippen molar-refractivity contribution in [1.29, 1.82) is 0 Å². The van der Waals surface area contributed by atoms with Gasteiger partial charge in [-0.1, -0.05) is 35.9 Å². The number of nitrogens with zero attached hydrogens (tertiary/aromatic N) is 1. The summed E-state index contributed by atoms with van der Waals surface area (Å²) in [5, 5.41) is 3.82. The molecule has 1 aliphatic rings. The minimum atomic E-state index is 0.0450. The fourth-order valence-corrected chi connectivity index (χ4v) is 4.91. The monoisotopic (exact) mass is 420 g/mol. The number of anilines is 1. The molecule has 1 saturated heterocycles. The summed E-state index contributed by atoms with van der Waals surface area (Å²) in [6.45, 7) is 5.34. The highest BCUT2D eigenvalue weighted by Crippen LogP contribution is 2.22. The van der Waals surface area contributed by atoms with E-state index in [2.05, 4.69) is 23.2 Å². The molecule has 0 aromatic heterocycles. The summed E-state index contributed by atoms with van der Waals surface area (Å²) in [5.41, 5.74) is 4.58. The van der Waals surface area contributed by atoms with Crippen molar-refractivity contribution < 1.29 is 4.79 Å². The molecule has 0 saturated carbocycles. The van der Waals surface area contributed by atoms with E-state index >= 15 is 0 Å². The number of carbonyl (C=O) groups excluding carboxylic acids is 1. The van der Waals surface area contributed by atoms with E-state index in [9.17, 15) is 4.79 Å². The molecule has 0 atom stereocenters. The van der Waals surface area contributed by atoms with Gasteiger partial charge in [-0.15, -0.1) is 11.8 Å². The lowest BCUT2D eigenvalue weighted by Crippen LogP contribution is -2.32. The number of thioether (sulfide) groups is 2. The van der Waals surface area contributed by atoms with Crippen LogP contribution in [-0.2, 0) is 17.1 Å². The standard InChI is InChI=1S/C21H25ClN2OS2/c1-16-18(13-24-9-11-26-12-10-24)3-2-4-20(16)23-21(25)15-27-14-17-5-7-19(22)8-6-17/h2-8H,9-15H2,1H3,(H,23,25). The van der Waals surface area contributed by atoms with E-state index in [-0.39, 0.29) is 5.91 Å². The Labute approximate surface area is 175 Å². The van der Waals surface area contributed by atoms with Crippen LogP contribution in [0.2, 0.25) is 5.02 Å². The molecular weight excluding hydrogens is 396 g/mol. The maximum absolute atomic E-state index is 12.3. The summed E-state index contributed by atoms with van der Waals surface area (Å²) in [6.07, 6.45) is 0. The lowest BCUT2D eigenvalue weighted by atomic mass is 10.1. The molecule has 1 aliphatic heterocycles. The predicted octanol–water partition coefficient (Wildman–Crippen LogP) is 5.07. The van der Waals surface area contributed by atoms with Crippen LogP contribution in [-0.4, -0.2) is 41.2 Å². The summed E-state index contributed by atoms with van der Waals surface area (Å²) < 4.78 is 0. The van der Waals surface area contributed by atoms with Gasteiger partial charge in [0.1, 0.15) is 0 Å². The van der Waals surface area contributed by atoms with Crippen LogP contribution in [0.5, 0.6) is 0 Å². The molecule has 0 unspecified atom stereocenters. The van der Waals surface area contributed by atoms with Crippen molar-refractivity contribution in [3.8, 4) is 0 Å². The number of halogens is 1. The number of carbonyl (C=O) groups is 1. The maximum atomic E-state index is 12.3. The Kier molecular flexibility index (Phi) is 7.94. The molecule has 2 aromatic rings. The molecular formula is C21H25ClN2OS2. The van der Waals surface area contributed by atoms with E-state index < -0.39 is 0 Å². The molecule has 144 valence electrons. The van der Waals surface area contributed by atoms with E-state index in [1.54, 1.807) is 11.8 Å². The van der Waals surface area contributed by atoms with Gasteiger partial charge in [0.25, 0.3) is 0 Å². The highest BCUT2D eigenvalue weighted by atomic mass is 35.5. The molecule has 0 spiro atoms. The molecule has 0 radical (unpaired) electrons. The molecule has 1 heterocycles. The van der Waals surface area contributed by atoms with E-state index in [0.29, 0.717) is 5.75 Å². The summed E-state index contributed by atoms with van der Waals surface area (Å²) >= 11 is 9.54. The van der Waals surface area contributed by atoms with E-state index in [0.717, 1.165) is 36.1 Å². The van der Waals surface area contributed by atoms with Crippen molar-refractivity contribution >= 4 is 46.7 Å². The molecule has 1 N–H and O–H groups in total. The molecule has 3 rings (SSSR count). The summed E-state index contributed by atoms with van der Waals surface area (Å²) in [5.74, 6) is 3.70. The second-order valence-electron chi connectivity index (χ2n) is 6.65. The van der Waals surface area contributed by atoms with Gasteiger partial charge in [-0.05, 0) is 41.8 Å². The van der Waals surface area contributed by atoms with Gasteiger partial charge in [0.15, 0.2) is 0 Å². The van der Waals surface area contributed by atoms with Crippen LogP contribution in [0.1, 0.15) is 16.7 Å². The van der Waals surface area contributed by atoms with Crippen molar-refractivity contribution in [3.63, 3.8) is 0 Å². The molecule has 3 nitrogen and oxygen atoms in total. The number of amides is 1. The first-order valence-electron chi connectivity index (χ1n) is 9.12. The summed E-state index contributed by atoms with van der Waals surface area (Å²) in [4.78, 5) is 14.8. The van der Waals surface area contributed by atoms with Crippen LogP contribution in [0.4, 0.5) is 5.69 Å². The Morgan fingerprint density at radius 3 is 2.67 bits per heavy atom. The topological polar surface area (TPSA) is 32.3 Å². The lowest BCUT2D eigenvalue weighted by molar-refractivity contribution is -0.113. The van der Waals surface area contributed by atoms with Gasteiger partial charge in [-0.25, -0.2) is 0 Å². The number of rotatable bonds is 7. The van der Waals surface area contributed by atoms with Crippen molar-refractivity contribution in [3.05, 3.63) is 64.2 Å². The van der Waals surface area contributed by atoms with Crippen LogP contribution in [0.3, 0.4) is 0 Å². The van der Waals surface area contributed by atoms with Crippen molar-refractivity contribution in [2.45, 2.75) is 19.2 Å². The molecule has 1 fully saturated rings. The SMILES string of the molecule is Cc1c(CN2CCSCC2)cccc1NC(=O)CSCc1ccc(Cl)cc1. The Morgan fingerprint density at radius 1 is 1.19 bits per heavy atom. The third-order valence-electron chi connectivity index (χ3n) is 4.63. The average Bonchev–Trinajstić information content (AvgIpc) is 2.67. The number of hydrogen-bond acceptors (Lipinski definition) is 4. The largest absolute Gasteiger partial charge is 0.325 e. The van der Waals surface area contributed by atoms with Gasteiger partial charge in [-0.2, -0.15) is 11.8 Å². The number of hydrogen-bond donors (Lipinski definition) is 1. The second-order valence-corrected chi connectivity index (χ2v) is 9.29. The number of benzene rings is 2. The van der Waals surface area contributed by atoms with Gasteiger partial charge in [0.2, 0.25) is 5.91 Å². The smallest absolute Gasteiger partial charge is 0.234 e. The molecule has 6 heteroatoms. The third kappa shape index (κ3) is 6.46. The predicted molar refractivity (Wildman–Crippen MR) is 120 cm³/mol. The Hall–Kier alpha value is -1.14. The quantitative estimate of drug-likeness (QED) is 0.677. The van der Waals surface area contributed by atoms with Crippen LogP contribution in [0.15, 0.2) is 42.5 Å². The van der Waals surface area contributed by atoms with Gasteiger partial charge in [0.05, 0.1) is 5.75 Å². The summed E-state index contributed by atoms with van der Waals surface area (Å²) in [7, 11) is 0. The van der Waals surface area contributed by atoms with Crippen molar-refractivity contribution in [2.24, 2.45) is 0 Å². The van der Waals surface area contributed by atoms with Crippen LogP contribution in [0.25, 0.3) is 0 Å². The second kappa shape index (κ2) is 10.4. The van der Waals surface area contributed by atoms with E-state index in [4.69, 9.17) is 11.6 Å². The van der Waals surface area contributed by atoms with Gasteiger partial charge in [-0.3, -0.25) is 9.69 Å². The maximum Gasteiger partial charge on any atom is 0.234 e. The van der Waals surface area contributed by atoms with Gasteiger partial charge < -0.3 is 5.32 Å². The highest BCUT2D eigenvalue weighted by molar-refractivity contribution is 7.99. The van der Waals surface area contributed by atoms with Crippen molar-refractivity contribution in [2.75, 3.05) is 35.7 Å². The molecule has 0 bridgehead atoms. The Bertz CT molecular complexity index is 761. The van der Waals surface area contributed by atoms with Crippen molar-refractivity contribution in [1.82, 2.24) is 4.90 Å². The van der Waals surface area contributed by atoms with Crippen LogP contribution >= 0.6 is 35.1 Å². The lowest BCUT2D eigenvalue weighted by Gasteiger charge is -2.27. The zero-order valence-corrected chi connectivity index (χ0v) is 17.9. The first-order valence-corrected chi connectivity index (χ1v) is 11.8. The van der Waals surface area contributed by atoms with Gasteiger partial charge >= 0.3 is 0 Å². The van der Waals surface area contributed by atoms with Crippen LogP contribution < -0.4 is 5.32 Å². The zero-order chi connectivity index (χ0) is 19.1. The average molecular weight is 421 g/mol. The van der Waals surface area contributed by atoms with E-state index in [1.807, 2.05) is 48.2 Å². The minimum absolute atomic E-state index is 0.0450. The first-order chi connectivity index (χ1) is 13.1. The molecule has 27 heavy (non-hydrogen) atoms. The van der Waals surface area contributed by atoms with Crippen LogP contribution in [0, 0.1) is 6.92 Å².